The molecule has 1 saturated heterocycles. The molecule has 0 atom stereocenters. The lowest BCUT2D eigenvalue weighted by molar-refractivity contribution is -0.115. The molecule has 1 aliphatic heterocycles. The summed E-state index contributed by atoms with van der Waals surface area (Å²) in [7, 11) is 0. The van der Waals surface area contributed by atoms with Crippen LogP contribution in [0.3, 0.4) is 0 Å². The molecule has 128 valence electrons. The number of thioether (sulfide) groups is 1. The van der Waals surface area contributed by atoms with E-state index in [1.54, 1.807) is 24.3 Å². The zero-order chi connectivity index (χ0) is 18.0. The Bertz CT molecular complexity index is 902. The Morgan fingerprint density at radius 1 is 1.28 bits per heavy atom. The average Bonchev–Trinajstić information content (AvgIpc) is 2.85. The second-order valence-corrected chi connectivity index (χ2v) is 6.98. The van der Waals surface area contributed by atoms with Gasteiger partial charge in [0.1, 0.15) is 18.2 Å². The Morgan fingerprint density at radius 3 is 2.72 bits per heavy atom. The Balaban J connectivity index is 1.93. The second kappa shape index (κ2) is 7.47. The molecule has 25 heavy (non-hydrogen) atoms. The summed E-state index contributed by atoms with van der Waals surface area (Å²) in [5.74, 6) is -0.480. The first-order valence-corrected chi connectivity index (χ1v) is 8.66. The molecule has 0 bridgehead atoms. The third-order valence-electron chi connectivity index (χ3n) is 3.32. The van der Waals surface area contributed by atoms with Gasteiger partial charge in [-0.05, 0) is 36.0 Å². The summed E-state index contributed by atoms with van der Waals surface area (Å²) >= 11 is 13.2. The van der Waals surface area contributed by atoms with Crippen LogP contribution in [0.2, 0.25) is 10.0 Å². The standard InChI is InChI=1S/C17H11Cl2FN2O2S/c18-11-5-10(6-14-16(23)22-17(21)25-14)15(12(19)7-11)24-8-9-3-1-2-4-13(9)20/h1-7H,8H2,(H2,21,22,23). The molecular formula is C17H11Cl2FN2O2S. The number of carbonyl (C=O) groups is 1. The number of rotatable bonds is 4. The first-order chi connectivity index (χ1) is 11.9. The highest BCUT2D eigenvalue weighted by Gasteiger charge is 2.23. The van der Waals surface area contributed by atoms with Crippen LogP contribution >= 0.6 is 35.0 Å². The topological polar surface area (TPSA) is 62.2 Å². The van der Waals surface area contributed by atoms with Crippen molar-refractivity contribution in [2.45, 2.75) is 6.61 Å². The quantitative estimate of drug-likeness (QED) is 0.725. The summed E-state index contributed by atoms with van der Waals surface area (Å²) in [6.45, 7) is -0.0284. The van der Waals surface area contributed by atoms with Crippen molar-refractivity contribution in [3.05, 3.63) is 68.3 Å². The van der Waals surface area contributed by atoms with Crippen molar-refractivity contribution in [2.24, 2.45) is 0 Å². The normalized spacial score (nSPS) is 15.6. The number of amides is 1. The molecule has 4 nitrogen and oxygen atoms in total. The van der Waals surface area contributed by atoms with E-state index in [-0.39, 0.29) is 34.3 Å². The SMILES string of the molecule is N=C1NC(=O)C(=Cc2cc(Cl)cc(Cl)c2OCc2ccccc2F)S1. The summed E-state index contributed by atoms with van der Waals surface area (Å²) in [6.07, 6.45) is 1.54. The Kier molecular flexibility index (Phi) is 5.32. The third kappa shape index (κ3) is 4.15. The first-order valence-electron chi connectivity index (χ1n) is 7.09. The van der Waals surface area contributed by atoms with E-state index >= 15 is 0 Å². The summed E-state index contributed by atoms with van der Waals surface area (Å²) < 4.78 is 19.4. The largest absolute Gasteiger partial charge is 0.487 e. The summed E-state index contributed by atoms with van der Waals surface area (Å²) in [4.78, 5) is 12.1. The predicted octanol–water partition coefficient (Wildman–Crippen LogP) is 4.85. The van der Waals surface area contributed by atoms with Crippen LogP contribution in [-0.4, -0.2) is 11.1 Å². The number of nitrogens with one attached hydrogen (secondary N) is 2. The molecule has 2 aromatic carbocycles. The summed E-state index contributed by atoms with van der Waals surface area (Å²) in [5, 5.41) is 10.5. The van der Waals surface area contributed by atoms with Crippen LogP contribution in [0.15, 0.2) is 41.3 Å². The summed E-state index contributed by atoms with van der Waals surface area (Å²) in [6, 6.07) is 9.35. The molecule has 2 N–H and O–H groups in total. The average molecular weight is 397 g/mol. The lowest BCUT2D eigenvalue weighted by Crippen LogP contribution is -2.18. The molecule has 2 aromatic rings. The van der Waals surface area contributed by atoms with Crippen LogP contribution in [0.5, 0.6) is 5.75 Å². The van der Waals surface area contributed by atoms with Gasteiger partial charge in [-0.2, -0.15) is 0 Å². The number of amidine groups is 1. The fourth-order valence-corrected chi connectivity index (χ4v) is 3.44. The number of hydrogen-bond acceptors (Lipinski definition) is 4. The molecule has 0 spiro atoms. The zero-order valence-electron chi connectivity index (χ0n) is 12.6. The van der Waals surface area contributed by atoms with Gasteiger partial charge in [-0.25, -0.2) is 4.39 Å². The lowest BCUT2D eigenvalue weighted by atomic mass is 10.1. The molecule has 0 radical (unpaired) electrons. The van der Waals surface area contributed by atoms with Crippen LogP contribution in [0.4, 0.5) is 4.39 Å². The van der Waals surface area contributed by atoms with E-state index < -0.39 is 0 Å². The van der Waals surface area contributed by atoms with Crippen molar-refractivity contribution in [1.82, 2.24) is 5.32 Å². The third-order valence-corrected chi connectivity index (χ3v) is 4.64. The van der Waals surface area contributed by atoms with Gasteiger partial charge >= 0.3 is 0 Å². The van der Waals surface area contributed by atoms with Crippen molar-refractivity contribution >= 4 is 52.1 Å². The maximum absolute atomic E-state index is 13.8. The molecule has 3 rings (SSSR count). The van der Waals surface area contributed by atoms with Gasteiger partial charge in [-0.3, -0.25) is 10.2 Å². The summed E-state index contributed by atoms with van der Waals surface area (Å²) in [5.41, 5.74) is 0.850. The Labute approximate surface area is 157 Å². The monoisotopic (exact) mass is 396 g/mol. The minimum absolute atomic E-state index is 0.0284. The number of benzene rings is 2. The molecule has 1 amide bonds. The van der Waals surface area contributed by atoms with Gasteiger partial charge < -0.3 is 10.1 Å². The number of hydrogen-bond donors (Lipinski definition) is 2. The zero-order valence-corrected chi connectivity index (χ0v) is 14.9. The number of ether oxygens (including phenoxy) is 1. The van der Waals surface area contributed by atoms with Gasteiger partial charge in [-0.15, -0.1) is 0 Å². The molecule has 1 heterocycles. The van der Waals surface area contributed by atoms with E-state index in [0.29, 0.717) is 21.1 Å². The van der Waals surface area contributed by atoms with Crippen LogP contribution in [0.1, 0.15) is 11.1 Å². The van der Waals surface area contributed by atoms with E-state index in [0.717, 1.165) is 11.8 Å². The highest BCUT2D eigenvalue weighted by atomic mass is 35.5. The van der Waals surface area contributed by atoms with Crippen molar-refractivity contribution in [3.8, 4) is 5.75 Å². The van der Waals surface area contributed by atoms with Crippen molar-refractivity contribution in [2.75, 3.05) is 0 Å². The van der Waals surface area contributed by atoms with Crippen molar-refractivity contribution in [3.63, 3.8) is 0 Å². The van der Waals surface area contributed by atoms with E-state index in [9.17, 15) is 9.18 Å². The smallest absolute Gasteiger partial charge is 0.264 e. The van der Waals surface area contributed by atoms with Gasteiger partial charge in [0.15, 0.2) is 5.17 Å². The van der Waals surface area contributed by atoms with Crippen molar-refractivity contribution < 1.29 is 13.9 Å². The van der Waals surface area contributed by atoms with E-state index in [1.165, 1.54) is 18.2 Å². The first kappa shape index (κ1) is 17.8. The predicted molar refractivity (Wildman–Crippen MR) is 98.6 cm³/mol. The van der Waals surface area contributed by atoms with Gasteiger partial charge in [0.05, 0.1) is 9.93 Å². The lowest BCUT2D eigenvalue weighted by Gasteiger charge is -2.12. The molecular weight excluding hydrogens is 386 g/mol. The highest BCUT2D eigenvalue weighted by Crippen LogP contribution is 2.36. The molecule has 0 aromatic heterocycles. The van der Waals surface area contributed by atoms with Crippen LogP contribution in [0, 0.1) is 11.2 Å². The fraction of sp³-hybridized carbons (Fsp3) is 0.0588. The molecule has 0 unspecified atom stereocenters. The molecule has 0 saturated carbocycles. The van der Waals surface area contributed by atoms with Crippen LogP contribution in [-0.2, 0) is 11.4 Å². The van der Waals surface area contributed by atoms with Crippen LogP contribution in [0.25, 0.3) is 6.08 Å². The maximum atomic E-state index is 13.8. The molecule has 8 heteroatoms. The van der Waals surface area contributed by atoms with E-state index in [1.807, 2.05) is 0 Å². The Hall–Kier alpha value is -2.02. The second-order valence-electron chi connectivity index (χ2n) is 5.08. The van der Waals surface area contributed by atoms with E-state index in [4.69, 9.17) is 33.3 Å². The van der Waals surface area contributed by atoms with E-state index in [2.05, 4.69) is 5.32 Å². The molecule has 0 aliphatic carbocycles. The van der Waals surface area contributed by atoms with Gasteiger partial charge in [0, 0.05) is 16.1 Å². The van der Waals surface area contributed by atoms with Crippen molar-refractivity contribution in [1.29, 1.82) is 5.41 Å². The maximum Gasteiger partial charge on any atom is 0.264 e. The molecule has 1 fully saturated rings. The fourth-order valence-electron chi connectivity index (χ4n) is 2.19. The minimum atomic E-state index is -0.383. The number of carbonyl (C=O) groups excluding carboxylic acids is 1. The number of halogens is 3. The molecule has 1 aliphatic rings. The van der Waals surface area contributed by atoms with Gasteiger partial charge in [-0.1, -0.05) is 41.4 Å². The van der Waals surface area contributed by atoms with Crippen LogP contribution < -0.4 is 10.1 Å². The van der Waals surface area contributed by atoms with Gasteiger partial charge in [0.25, 0.3) is 5.91 Å². The Morgan fingerprint density at radius 2 is 2.04 bits per heavy atom. The van der Waals surface area contributed by atoms with Gasteiger partial charge in [0.2, 0.25) is 0 Å². The minimum Gasteiger partial charge on any atom is -0.487 e. The highest BCUT2D eigenvalue weighted by molar-refractivity contribution is 8.18.